The second kappa shape index (κ2) is 3.83. The van der Waals surface area contributed by atoms with Gasteiger partial charge in [-0.05, 0) is 6.07 Å². The smallest absolute Gasteiger partial charge is 0.273 e. The van der Waals surface area contributed by atoms with E-state index in [0.717, 1.165) is 12.0 Å². The van der Waals surface area contributed by atoms with Gasteiger partial charge in [-0.25, -0.2) is 13.6 Å². The number of primary sulfonamides is 1. The molecule has 0 aromatic heterocycles. The van der Waals surface area contributed by atoms with Crippen LogP contribution in [0.15, 0.2) is 18.2 Å². The number of sulfonamides is 1. The van der Waals surface area contributed by atoms with Crippen molar-refractivity contribution in [1.82, 2.24) is 0 Å². The highest BCUT2D eigenvalue weighted by Crippen LogP contribution is 2.46. The summed E-state index contributed by atoms with van der Waals surface area (Å²) in [7, 11) is -3.17. The molecule has 0 saturated heterocycles. The second-order valence-corrected chi connectivity index (χ2v) is 4.48. The molecule has 1 aromatic carbocycles. The maximum Gasteiger partial charge on any atom is 0.273 e. The number of benzene rings is 1. The number of ether oxygens (including phenoxy) is 1. The van der Waals surface area contributed by atoms with Crippen molar-refractivity contribution in [2.75, 3.05) is 6.26 Å². The molecule has 0 spiro atoms. The summed E-state index contributed by atoms with van der Waals surface area (Å²) in [4.78, 5) is 9.68. The Bertz CT molecular complexity index is 488. The zero-order valence-corrected chi connectivity index (χ0v) is 8.52. The molecule has 2 rings (SSSR count). The van der Waals surface area contributed by atoms with Crippen LogP contribution in [-0.4, -0.2) is 19.6 Å². The predicted molar refractivity (Wildman–Crippen MR) is 52.2 cm³/mol. The number of fused-ring (bicyclic) bond motifs is 1. The first-order chi connectivity index (χ1) is 6.77. The van der Waals surface area contributed by atoms with Crippen molar-refractivity contribution < 1.29 is 18.1 Å². The summed E-state index contributed by atoms with van der Waals surface area (Å²) in [6.07, 6.45) is 0.938. The van der Waals surface area contributed by atoms with E-state index in [4.69, 9.17) is 4.74 Å². The van der Waals surface area contributed by atoms with Gasteiger partial charge < -0.3 is 4.74 Å². The lowest BCUT2D eigenvalue weighted by atomic mass is 10.3. The number of nitro groups is 1. The van der Waals surface area contributed by atoms with Gasteiger partial charge in [0.05, 0.1) is 17.2 Å². The highest BCUT2D eigenvalue weighted by atomic mass is 32.2. The average molecular weight is 232 g/mol. The largest absolute Gasteiger partial charge is 0.449 e. The summed E-state index contributed by atoms with van der Waals surface area (Å²) < 4.78 is 23.6. The molecule has 0 saturated carbocycles. The van der Waals surface area contributed by atoms with Gasteiger partial charge in [0.2, 0.25) is 10.0 Å². The minimum absolute atomic E-state index is 0.0799. The van der Waals surface area contributed by atoms with Crippen LogP contribution in [-0.2, 0) is 10.0 Å². The number of non-ortho nitro benzene ring substituents is 1. The van der Waals surface area contributed by atoms with Crippen molar-refractivity contribution in [1.29, 1.82) is 0 Å². The van der Waals surface area contributed by atoms with Crippen LogP contribution in [0.4, 0.5) is 5.69 Å². The fourth-order valence-electron chi connectivity index (χ4n) is 0.767. The van der Waals surface area contributed by atoms with Gasteiger partial charge in [0.1, 0.15) is 0 Å². The molecule has 15 heavy (non-hydrogen) atoms. The van der Waals surface area contributed by atoms with Gasteiger partial charge in [0, 0.05) is 6.07 Å². The maximum absolute atomic E-state index is 10.1. The molecule has 2 N–H and O–H groups in total. The van der Waals surface area contributed by atoms with Gasteiger partial charge in [-0.3, -0.25) is 10.1 Å². The Morgan fingerprint density at radius 1 is 1.40 bits per heavy atom. The predicted octanol–water partition coefficient (Wildman–Crippen LogP) is 0.605. The first-order valence-electron chi connectivity index (χ1n) is 3.71. The van der Waals surface area contributed by atoms with E-state index in [1.807, 2.05) is 0 Å². The van der Waals surface area contributed by atoms with E-state index in [1.165, 1.54) is 12.1 Å². The van der Waals surface area contributed by atoms with Crippen molar-refractivity contribution in [2.24, 2.45) is 5.14 Å². The Balaban J connectivity index is 0.000000195. The summed E-state index contributed by atoms with van der Waals surface area (Å²) in [5, 5.41) is 14.5. The summed E-state index contributed by atoms with van der Waals surface area (Å²) in [5.74, 6) is 1.36. The van der Waals surface area contributed by atoms with Crippen molar-refractivity contribution >= 4 is 15.7 Å². The third-order valence-corrected chi connectivity index (χ3v) is 1.32. The van der Waals surface area contributed by atoms with Crippen molar-refractivity contribution in [3.8, 4) is 11.5 Å². The Kier molecular flexibility index (Phi) is 2.91. The minimum atomic E-state index is -3.17. The molecule has 0 unspecified atom stereocenters. The third kappa shape index (κ3) is 4.38. The van der Waals surface area contributed by atoms with E-state index in [9.17, 15) is 18.5 Å². The molecular weight excluding hydrogens is 224 g/mol. The minimum Gasteiger partial charge on any atom is -0.449 e. The fourth-order valence-corrected chi connectivity index (χ4v) is 0.767. The summed E-state index contributed by atoms with van der Waals surface area (Å²) >= 11 is 0. The molecule has 0 atom stereocenters. The summed E-state index contributed by atoms with van der Waals surface area (Å²) in [6, 6.07) is 4.43. The fraction of sp³-hybridized carbons (Fsp3) is 0.143. The van der Waals surface area contributed by atoms with Crippen LogP contribution in [0.3, 0.4) is 0 Å². The third-order valence-electron chi connectivity index (χ3n) is 1.32. The van der Waals surface area contributed by atoms with E-state index in [0.29, 0.717) is 5.75 Å². The molecule has 8 heteroatoms. The van der Waals surface area contributed by atoms with Gasteiger partial charge in [0.25, 0.3) is 5.69 Å². The maximum atomic E-state index is 10.1. The van der Waals surface area contributed by atoms with Crippen LogP contribution in [0.1, 0.15) is 0 Å². The van der Waals surface area contributed by atoms with Gasteiger partial charge in [-0.15, -0.1) is 0 Å². The quantitative estimate of drug-likeness (QED) is 0.439. The first-order valence-corrected chi connectivity index (χ1v) is 5.67. The zero-order valence-electron chi connectivity index (χ0n) is 7.71. The first kappa shape index (κ1) is 11.4. The lowest BCUT2D eigenvalue weighted by Crippen LogP contribution is -2.07. The Morgan fingerprint density at radius 2 is 1.93 bits per heavy atom. The van der Waals surface area contributed by atoms with Crippen LogP contribution >= 0.6 is 0 Å². The standard InChI is InChI=1S/C6H3NO3.CH5NO2S/c8-7(9)4-1-2-5-6(3-4)10-5;1-5(2,3)4/h1-3H;1H3,(H2,2,3,4). The van der Waals surface area contributed by atoms with Crippen molar-refractivity contribution in [2.45, 2.75) is 0 Å². The average Bonchev–Trinajstić information content (AvgIpc) is 2.76. The second-order valence-electron chi connectivity index (χ2n) is 2.82. The number of hydrogen-bond acceptors (Lipinski definition) is 5. The molecule has 1 aliphatic heterocycles. The monoisotopic (exact) mass is 232 g/mol. The van der Waals surface area contributed by atoms with Gasteiger partial charge in [-0.1, -0.05) is 0 Å². The zero-order chi connectivity index (χ0) is 11.6. The van der Waals surface area contributed by atoms with Crippen molar-refractivity contribution in [3.05, 3.63) is 28.3 Å². The molecule has 7 nitrogen and oxygen atoms in total. The molecule has 0 aliphatic carbocycles. The van der Waals surface area contributed by atoms with E-state index >= 15 is 0 Å². The van der Waals surface area contributed by atoms with Crippen LogP contribution in [0.5, 0.6) is 11.5 Å². The van der Waals surface area contributed by atoms with E-state index < -0.39 is 14.9 Å². The molecule has 1 heterocycles. The number of rotatable bonds is 1. The summed E-state index contributed by atoms with van der Waals surface area (Å²) in [6.45, 7) is 0. The van der Waals surface area contributed by atoms with Crippen LogP contribution in [0.25, 0.3) is 0 Å². The van der Waals surface area contributed by atoms with Gasteiger partial charge in [-0.2, -0.15) is 0 Å². The van der Waals surface area contributed by atoms with Gasteiger partial charge >= 0.3 is 0 Å². The van der Waals surface area contributed by atoms with Crippen LogP contribution < -0.4 is 9.88 Å². The molecular formula is C7H8N2O5S. The Labute approximate surface area is 85.7 Å². The molecule has 1 aromatic rings. The lowest BCUT2D eigenvalue weighted by molar-refractivity contribution is -0.384. The molecule has 82 valence electrons. The number of nitro benzene ring substituents is 1. The van der Waals surface area contributed by atoms with E-state index in [-0.39, 0.29) is 5.69 Å². The van der Waals surface area contributed by atoms with E-state index in [1.54, 1.807) is 6.07 Å². The summed E-state index contributed by atoms with van der Waals surface area (Å²) in [5.41, 5.74) is 0.0799. The normalized spacial score (nSPS) is 11.6. The molecule has 0 radical (unpaired) electrons. The highest BCUT2D eigenvalue weighted by Gasteiger charge is 2.22. The molecule has 1 aliphatic rings. The molecule has 0 bridgehead atoms. The topological polar surface area (TPSA) is 116 Å². The van der Waals surface area contributed by atoms with Crippen LogP contribution in [0.2, 0.25) is 0 Å². The molecule has 0 amide bonds. The van der Waals surface area contributed by atoms with Crippen molar-refractivity contribution in [3.63, 3.8) is 0 Å². The lowest BCUT2D eigenvalue weighted by Gasteiger charge is -1.82. The SMILES string of the molecule is CS(N)(=O)=O.O=[N+]([O-])c1ccc2c(c1)O2. The Morgan fingerprint density at radius 3 is 2.33 bits per heavy atom. The van der Waals surface area contributed by atoms with E-state index in [2.05, 4.69) is 5.14 Å². The number of hydrogen-bond donors (Lipinski definition) is 1. The highest BCUT2D eigenvalue weighted by molar-refractivity contribution is 7.88. The Hall–Kier alpha value is -1.67. The van der Waals surface area contributed by atoms with Crippen LogP contribution in [0, 0.1) is 10.1 Å². The van der Waals surface area contributed by atoms with Gasteiger partial charge in [0.15, 0.2) is 11.5 Å². The molecule has 0 fully saturated rings. The number of nitrogens with two attached hydrogens (primary N) is 1. The number of nitrogens with zero attached hydrogens (tertiary/aromatic N) is 1.